The first kappa shape index (κ1) is 9.95. The Kier molecular flexibility index (Phi) is 2.34. The average Bonchev–Trinajstić information content (AvgIpc) is 2.16. The highest BCUT2D eigenvalue weighted by Gasteiger charge is 2.06. The van der Waals surface area contributed by atoms with Gasteiger partial charge in [0, 0.05) is 5.39 Å². The number of hydrogen-bond acceptors (Lipinski definition) is 2. The van der Waals surface area contributed by atoms with E-state index in [4.69, 9.17) is 4.55 Å². The zero-order valence-corrected chi connectivity index (χ0v) is 8.53. The second-order valence-electron chi connectivity index (χ2n) is 3.10. The van der Waals surface area contributed by atoms with Crippen LogP contribution < -0.4 is 4.72 Å². The lowest BCUT2D eigenvalue weighted by atomic mass is 10.1. The van der Waals surface area contributed by atoms with Crippen LogP contribution >= 0.6 is 0 Å². The van der Waals surface area contributed by atoms with Crippen LogP contribution in [-0.2, 0) is 10.3 Å². The minimum absolute atomic E-state index is 0.371. The predicted octanol–water partition coefficient (Wildman–Crippen LogP) is 2.05. The van der Waals surface area contributed by atoms with Crippen molar-refractivity contribution in [3.05, 3.63) is 42.5 Å². The Morgan fingerprint density at radius 1 is 1.00 bits per heavy atom. The highest BCUT2D eigenvalue weighted by atomic mass is 32.2. The molecule has 0 saturated carbocycles. The van der Waals surface area contributed by atoms with E-state index in [1.54, 1.807) is 24.3 Å². The van der Waals surface area contributed by atoms with E-state index in [9.17, 15) is 8.42 Å². The van der Waals surface area contributed by atoms with Crippen LogP contribution in [0.4, 0.5) is 5.69 Å². The quantitative estimate of drug-likeness (QED) is 0.766. The molecule has 4 nitrogen and oxygen atoms in total. The Morgan fingerprint density at radius 2 is 1.67 bits per heavy atom. The fourth-order valence-electron chi connectivity index (χ4n) is 1.45. The van der Waals surface area contributed by atoms with Gasteiger partial charge in [0.1, 0.15) is 0 Å². The second-order valence-corrected chi connectivity index (χ2v) is 4.26. The van der Waals surface area contributed by atoms with Gasteiger partial charge in [0.15, 0.2) is 0 Å². The minimum atomic E-state index is -4.22. The second kappa shape index (κ2) is 3.52. The highest BCUT2D eigenvalue weighted by molar-refractivity contribution is 7.87. The molecule has 0 fully saturated rings. The molecule has 2 rings (SSSR count). The molecule has 2 aromatic carbocycles. The Balaban J connectivity index is 2.61. The van der Waals surface area contributed by atoms with Crippen molar-refractivity contribution < 1.29 is 13.0 Å². The summed E-state index contributed by atoms with van der Waals surface area (Å²) < 4.78 is 32.1. The van der Waals surface area contributed by atoms with Crippen LogP contribution in [0.1, 0.15) is 0 Å². The third kappa shape index (κ3) is 2.26. The Labute approximate surface area is 87.4 Å². The molecule has 0 saturated heterocycles. The lowest BCUT2D eigenvalue weighted by Crippen LogP contribution is -2.10. The molecule has 0 heterocycles. The number of benzene rings is 2. The monoisotopic (exact) mass is 223 g/mol. The van der Waals surface area contributed by atoms with Gasteiger partial charge in [-0.1, -0.05) is 36.4 Å². The number of fused-ring (bicyclic) bond motifs is 1. The van der Waals surface area contributed by atoms with Crippen LogP contribution in [0.5, 0.6) is 0 Å². The van der Waals surface area contributed by atoms with Gasteiger partial charge in [0.05, 0.1) is 5.69 Å². The van der Waals surface area contributed by atoms with Crippen molar-refractivity contribution >= 4 is 26.8 Å². The number of hydrogen-bond donors (Lipinski definition) is 2. The van der Waals surface area contributed by atoms with Gasteiger partial charge in [-0.25, -0.2) is 0 Å². The van der Waals surface area contributed by atoms with E-state index < -0.39 is 10.3 Å². The minimum Gasteiger partial charge on any atom is -0.269 e. The van der Waals surface area contributed by atoms with Crippen molar-refractivity contribution in [1.29, 1.82) is 0 Å². The summed E-state index contributed by atoms with van der Waals surface area (Å²) in [6.07, 6.45) is 0. The van der Waals surface area contributed by atoms with Crippen LogP contribution in [-0.4, -0.2) is 13.0 Å². The predicted molar refractivity (Wildman–Crippen MR) is 59.1 cm³/mol. The Morgan fingerprint density at radius 3 is 2.40 bits per heavy atom. The van der Waals surface area contributed by atoms with Crippen LogP contribution in [0.2, 0.25) is 0 Å². The number of anilines is 1. The number of nitrogens with one attached hydrogen (secondary N) is 1. The largest absolute Gasteiger partial charge is 0.357 e. The molecule has 0 atom stereocenters. The van der Waals surface area contributed by atoms with Crippen LogP contribution in [0, 0.1) is 0 Å². The fraction of sp³-hybridized carbons (Fsp3) is 0. The maximum atomic E-state index is 10.7. The zero-order chi connectivity index (χ0) is 10.9. The molecular formula is C10H9NO3S. The van der Waals surface area contributed by atoms with Gasteiger partial charge in [-0.05, 0) is 11.5 Å². The van der Waals surface area contributed by atoms with E-state index in [-0.39, 0.29) is 0 Å². The van der Waals surface area contributed by atoms with Crippen molar-refractivity contribution in [2.45, 2.75) is 0 Å². The molecule has 0 unspecified atom stereocenters. The first-order valence-corrected chi connectivity index (χ1v) is 5.73. The molecule has 0 aliphatic heterocycles. The fourth-order valence-corrected chi connectivity index (χ4v) is 1.91. The van der Waals surface area contributed by atoms with E-state index in [1.165, 1.54) is 0 Å². The summed E-state index contributed by atoms with van der Waals surface area (Å²) in [4.78, 5) is 0. The smallest absolute Gasteiger partial charge is 0.269 e. The zero-order valence-electron chi connectivity index (χ0n) is 7.71. The van der Waals surface area contributed by atoms with Crippen LogP contribution in [0.15, 0.2) is 42.5 Å². The molecule has 0 aliphatic rings. The molecule has 2 N–H and O–H groups in total. The standard InChI is InChI=1S/C10H9NO3S/c12-15(13,14)11-10-7-3-5-8-4-1-2-6-9(8)10/h1-7,11H,(H,12,13,14). The Bertz CT molecular complexity index is 587. The first-order valence-electron chi connectivity index (χ1n) is 4.29. The lowest BCUT2D eigenvalue weighted by molar-refractivity contribution is 0.490. The summed E-state index contributed by atoms with van der Waals surface area (Å²) in [5, 5.41) is 1.66. The first-order chi connectivity index (χ1) is 7.06. The molecular weight excluding hydrogens is 214 g/mol. The molecule has 0 aromatic heterocycles. The van der Waals surface area contributed by atoms with Crippen LogP contribution in [0.3, 0.4) is 0 Å². The van der Waals surface area contributed by atoms with E-state index in [0.29, 0.717) is 5.69 Å². The maximum absolute atomic E-state index is 10.7. The van der Waals surface area contributed by atoms with Crippen molar-refractivity contribution in [1.82, 2.24) is 0 Å². The summed E-state index contributed by atoms with van der Waals surface area (Å²) in [5.41, 5.74) is 0.371. The van der Waals surface area contributed by atoms with Gasteiger partial charge in [-0.3, -0.25) is 9.27 Å². The third-order valence-corrected chi connectivity index (χ3v) is 2.51. The SMILES string of the molecule is O=S(=O)(O)Nc1cccc2ccccc12. The molecule has 0 aliphatic carbocycles. The van der Waals surface area contributed by atoms with Gasteiger partial charge in [-0.2, -0.15) is 8.42 Å². The molecule has 0 radical (unpaired) electrons. The van der Waals surface area contributed by atoms with Crippen molar-refractivity contribution in [3.8, 4) is 0 Å². The van der Waals surface area contributed by atoms with Gasteiger partial charge < -0.3 is 0 Å². The molecule has 0 amide bonds. The molecule has 5 heteroatoms. The van der Waals surface area contributed by atoms with E-state index in [1.807, 2.05) is 18.2 Å². The van der Waals surface area contributed by atoms with Gasteiger partial charge in [0.25, 0.3) is 0 Å². The van der Waals surface area contributed by atoms with Crippen LogP contribution in [0.25, 0.3) is 10.8 Å². The summed E-state index contributed by atoms with van der Waals surface area (Å²) in [5.74, 6) is 0. The summed E-state index contributed by atoms with van der Waals surface area (Å²) >= 11 is 0. The van der Waals surface area contributed by atoms with Crippen molar-refractivity contribution in [3.63, 3.8) is 0 Å². The lowest BCUT2D eigenvalue weighted by Gasteiger charge is -2.06. The molecule has 0 spiro atoms. The van der Waals surface area contributed by atoms with E-state index >= 15 is 0 Å². The van der Waals surface area contributed by atoms with E-state index in [0.717, 1.165) is 10.8 Å². The topological polar surface area (TPSA) is 66.4 Å². The number of rotatable bonds is 2. The third-order valence-electron chi connectivity index (χ3n) is 2.03. The summed E-state index contributed by atoms with van der Waals surface area (Å²) in [6.45, 7) is 0. The molecule has 2 aromatic rings. The van der Waals surface area contributed by atoms with Crippen molar-refractivity contribution in [2.24, 2.45) is 0 Å². The molecule has 78 valence electrons. The van der Waals surface area contributed by atoms with Gasteiger partial charge in [-0.15, -0.1) is 0 Å². The van der Waals surface area contributed by atoms with Gasteiger partial charge in [0.2, 0.25) is 0 Å². The maximum Gasteiger partial charge on any atom is 0.357 e. The summed E-state index contributed by atoms with van der Waals surface area (Å²) in [7, 11) is -4.22. The molecule has 15 heavy (non-hydrogen) atoms. The Hall–Kier alpha value is -1.59. The average molecular weight is 223 g/mol. The normalized spacial score (nSPS) is 11.5. The molecule has 0 bridgehead atoms. The van der Waals surface area contributed by atoms with Gasteiger partial charge >= 0.3 is 10.3 Å². The summed E-state index contributed by atoms with van der Waals surface area (Å²) in [6, 6.07) is 12.5. The highest BCUT2D eigenvalue weighted by Crippen LogP contribution is 2.23. The van der Waals surface area contributed by atoms with Crippen molar-refractivity contribution in [2.75, 3.05) is 4.72 Å². The van der Waals surface area contributed by atoms with E-state index in [2.05, 4.69) is 4.72 Å².